The Bertz CT molecular complexity index is 276. The molecule has 1 aromatic carbocycles. The molecule has 0 bridgehead atoms. The first-order chi connectivity index (χ1) is 6.86. The number of rotatable bonds is 2. The Morgan fingerprint density at radius 2 is 2.07 bits per heavy atom. The molecule has 0 spiro atoms. The summed E-state index contributed by atoms with van der Waals surface area (Å²) in [6, 6.07) is 10.6. The van der Waals surface area contributed by atoms with Gasteiger partial charge in [-0.15, -0.1) is 11.6 Å². The van der Waals surface area contributed by atoms with Gasteiger partial charge in [0.25, 0.3) is 0 Å². The smallest absolute Gasteiger partial charge is 0.0662 e. The fourth-order valence-electron chi connectivity index (χ4n) is 1.73. The average molecular weight is 211 g/mol. The van der Waals surface area contributed by atoms with E-state index in [1.165, 1.54) is 0 Å². The topological polar surface area (TPSA) is 24.1 Å². The number of benzene rings is 1. The molecule has 2 rings (SSSR count). The SMILES string of the molecule is ClC1CNCCC1Nc1ccccc1. The molecule has 0 aromatic heterocycles. The van der Waals surface area contributed by atoms with Gasteiger partial charge in [0.15, 0.2) is 0 Å². The minimum absolute atomic E-state index is 0.184. The normalized spacial score (nSPS) is 27.2. The molecule has 0 saturated carbocycles. The first-order valence-electron chi connectivity index (χ1n) is 5.02. The van der Waals surface area contributed by atoms with E-state index in [4.69, 9.17) is 11.6 Å². The van der Waals surface area contributed by atoms with Crippen molar-refractivity contribution in [3.05, 3.63) is 30.3 Å². The summed E-state index contributed by atoms with van der Waals surface area (Å²) < 4.78 is 0. The van der Waals surface area contributed by atoms with Crippen LogP contribution in [0.15, 0.2) is 30.3 Å². The molecule has 14 heavy (non-hydrogen) atoms. The highest BCUT2D eigenvalue weighted by Gasteiger charge is 2.22. The summed E-state index contributed by atoms with van der Waals surface area (Å²) in [6.07, 6.45) is 1.09. The molecule has 2 atom stereocenters. The molecule has 76 valence electrons. The Hall–Kier alpha value is -0.730. The second-order valence-corrected chi connectivity index (χ2v) is 4.19. The molecule has 1 aliphatic rings. The maximum atomic E-state index is 6.21. The second kappa shape index (κ2) is 4.67. The molecule has 2 nitrogen and oxygen atoms in total. The highest BCUT2D eigenvalue weighted by Crippen LogP contribution is 2.16. The zero-order valence-electron chi connectivity index (χ0n) is 8.04. The maximum absolute atomic E-state index is 6.21. The van der Waals surface area contributed by atoms with Gasteiger partial charge < -0.3 is 10.6 Å². The number of hydrogen-bond acceptors (Lipinski definition) is 2. The lowest BCUT2D eigenvalue weighted by Gasteiger charge is -2.29. The summed E-state index contributed by atoms with van der Waals surface area (Å²) in [5.74, 6) is 0. The van der Waals surface area contributed by atoms with Crippen molar-refractivity contribution in [1.82, 2.24) is 5.32 Å². The third kappa shape index (κ3) is 2.40. The average Bonchev–Trinajstić information content (AvgIpc) is 2.23. The maximum Gasteiger partial charge on any atom is 0.0662 e. The third-order valence-corrected chi connectivity index (χ3v) is 2.99. The van der Waals surface area contributed by atoms with E-state index < -0.39 is 0 Å². The van der Waals surface area contributed by atoms with Crippen LogP contribution in [0.1, 0.15) is 6.42 Å². The highest BCUT2D eigenvalue weighted by molar-refractivity contribution is 6.21. The van der Waals surface area contributed by atoms with Gasteiger partial charge in [0.05, 0.1) is 5.38 Å². The quantitative estimate of drug-likeness (QED) is 0.731. The summed E-state index contributed by atoms with van der Waals surface area (Å²) in [4.78, 5) is 0. The van der Waals surface area contributed by atoms with E-state index in [2.05, 4.69) is 22.8 Å². The van der Waals surface area contributed by atoms with Crippen molar-refractivity contribution < 1.29 is 0 Å². The number of anilines is 1. The number of nitrogens with one attached hydrogen (secondary N) is 2. The van der Waals surface area contributed by atoms with Crippen LogP contribution in [0.3, 0.4) is 0 Å². The van der Waals surface area contributed by atoms with Gasteiger partial charge in [-0.1, -0.05) is 18.2 Å². The molecule has 0 amide bonds. The number of piperidine rings is 1. The van der Waals surface area contributed by atoms with Gasteiger partial charge >= 0.3 is 0 Å². The molecule has 1 heterocycles. The van der Waals surface area contributed by atoms with Crippen LogP contribution in [-0.4, -0.2) is 24.5 Å². The minimum atomic E-state index is 0.184. The lowest BCUT2D eigenvalue weighted by Crippen LogP contribution is -2.44. The van der Waals surface area contributed by atoms with Gasteiger partial charge in [-0.05, 0) is 25.1 Å². The Balaban J connectivity index is 1.96. The third-order valence-electron chi connectivity index (χ3n) is 2.53. The van der Waals surface area contributed by atoms with Crippen molar-refractivity contribution in [2.75, 3.05) is 18.4 Å². The molecule has 2 unspecified atom stereocenters. The van der Waals surface area contributed by atoms with E-state index in [1.54, 1.807) is 0 Å². The van der Waals surface area contributed by atoms with Crippen LogP contribution in [0.4, 0.5) is 5.69 Å². The molecule has 1 saturated heterocycles. The summed E-state index contributed by atoms with van der Waals surface area (Å²) in [6.45, 7) is 1.94. The second-order valence-electron chi connectivity index (χ2n) is 3.63. The fourth-order valence-corrected chi connectivity index (χ4v) is 2.03. The van der Waals surface area contributed by atoms with Crippen LogP contribution in [0.2, 0.25) is 0 Å². The first-order valence-corrected chi connectivity index (χ1v) is 5.46. The van der Waals surface area contributed by atoms with E-state index in [-0.39, 0.29) is 5.38 Å². The van der Waals surface area contributed by atoms with Crippen molar-refractivity contribution in [1.29, 1.82) is 0 Å². The molecular formula is C11H15ClN2. The van der Waals surface area contributed by atoms with E-state index in [0.29, 0.717) is 6.04 Å². The zero-order chi connectivity index (χ0) is 9.80. The lowest BCUT2D eigenvalue weighted by molar-refractivity contribution is 0.485. The Morgan fingerprint density at radius 3 is 2.79 bits per heavy atom. The molecule has 2 N–H and O–H groups in total. The summed E-state index contributed by atoms with van der Waals surface area (Å²) >= 11 is 6.21. The van der Waals surface area contributed by atoms with E-state index in [9.17, 15) is 0 Å². The standard InChI is InChI=1S/C11H15ClN2/c12-10-8-13-7-6-11(10)14-9-4-2-1-3-5-9/h1-5,10-11,13-14H,6-8H2. The fraction of sp³-hybridized carbons (Fsp3) is 0.455. The molecular weight excluding hydrogens is 196 g/mol. The van der Waals surface area contributed by atoms with Crippen molar-refractivity contribution in [3.8, 4) is 0 Å². The van der Waals surface area contributed by atoms with Crippen LogP contribution >= 0.6 is 11.6 Å². The molecule has 3 heteroatoms. The van der Waals surface area contributed by atoms with Gasteiger partial charge in [-0.2, -0.15) is 0 Å². The molecule has 0 aliphatic carbocycles. The number of hydrogen-bond donors (Lipinski definition) is 2. The number of halogens is 1. The van der Waals surface area contributed by atoms with Gasteiger partial charge in [-0.25, -0.2) is 0 Å². The Kier molecular flexibility index (Phi) is 3.27. The number of alkyl halides is 1. The monoisotopic (exact) mass is 210 g/mol. The van der Waals surface area contributed by atoms with Crippen molar-refractivity contribution in [2.45, 2.75) is 17.8 Å². The van der Waals surface area contributed by atoms with Crippen LogP contribution in [0, 0.1) is 0 Å². The van der Waals surface area contributed by atoms with E-state index >= 15 is 0 Å². The zero-order valence-corrected chi connectivity index (χ0v) is 8.80. The largest absolute Gasteiger partial charge is 0.381 e. The number of para-hydroxylation sites is 1. The van der Waals surface area contributed by atoms with Gasteiger partial charge in [0, 0.05) is 18.3 Å². The Labute approximate surface area is 89.7 Å². The minimum Gasteiger partial charge on any atom is -0.381 e. The van der Waals surface area contributed by atoms with Crippen molar-refractivity contribution >= 4 is 17.3 Å². The Morgan fingerprint density at radius 1 is 1.29 bits per heavy atom. The summed E-state index contributed by atoms with van der Waals surface area (Å²) in [5, 5.41) is 6.92. The van der Waals surface area contributed by atoms with Crippen LogP contribution in [-0.2, 0) is 0 Å². The van der Waals surface area contributed by atoms with Crippen LogP contribution in [0.5, 0.6) is 0 Å². The van der Waals surface area contributed by atoms with Gasteiger partial charge in [0.2, 0.25) is 0 Å². The summed E-state index contributed by atoms with van der Waals surface area (Å²) in [7, 11) is 0. The van der Waals surface area contributed by atoms with Gasteiger partial charge in [0.1, 0.15) is 0 Å². The van der Waals surface area contributed by atoms with E-state index in [1.807, 2.05) is 18.2 Å². The molecule has 1 aromatic rings. The highest BCUT2D eigenvalue weighted by atomic mass is 35.5. The molecule has 1 aliphatic heterocycles. The summed E-state index contributed by atoms with van der Waals surface area (Å²) in [5.41, 5.74) is 1.16. The molecule has 1 fully saturated rings. The van der Waals surface area contributed by atoms with Crippen LogP contribution < -0.4 is 10.6 Å². The predicted octanol–water partition coefficient (Wildman–Crippen LogP) is 2.07. The molecule has 0 radical (unpaired) electrons. The van der Waals surface area contributed by atoms with Crippen LogP contribution in [0.25, 0.3) is 0 Å². The lowest BCUT2D eigenvalue weighted by atomic mass is 10.1. The van der Waals surface area contributed by atoms with Gasteiger partial charge in [-0.3, -0.25) is 0 Å². The van der Waals surface area contributed by atoms with Crippen molar-refractivity contribution in [3.63, 3.8) is 0 Å². The first kappa shape index (κ1) is 9.81. The predicted molar refractivity (Wildman–Crippen MR) is 61.0 cm³/mol. The van der Waals surface area contributed by atoms with Crippen molar-refractivity contribution in [2.24, 2.45) is 0 Å². The van der Waals surface area contributed by atoms with E-state index in [0.717, 1.165) is 25.2 Å².